The number of hydrogen-bond donors (Lipinski definition) is 1. The molecular weight excluding hydrogens is 159 g/mol. The molecule has 0 aliphatic rings. The van der Waals surface area contributed by atoms with Gasteiger partial charge in [0, 0.05) is 0 Å². The molecule has 1 atom stereocenters. The standard InChI is InChI=1S/C6H6ClFO2/c7-6-2-1-5(10-6)4(9)3-8/h1-2,4,9H,3H2. The van der Waals surface area contributed by atoms with Crippen LogP contribution in [0, 0.1) is 0 Å². The van der Waals surface area contributed by atoms with E-state index >= 15 is 0 Å². The van der Waals surface area contributed by atoms with Crippen LogP contribution in [0.1, 0.15) is 11.9 Å². The average molecular weight is 165 g/mol. The fraction of sp³-hybridized carbons (Fsp3) is 0.333. The lowest BCUT2D eigenvalue weighted by Crippen LogP contribution is -1.96. The molecule has 0 saturated carbocycles. The Labute approximate surface area is 62.2 Å². The van der Waals surface area contributed by atoms with E-state index in [1.165, 1.54) is 12.1 Å². The SMILES string of the molecule is OC(CF)c1ccc(Cl)o1. The van der Waals surface area contributed by atoms with Crippen LogP contribution in [0.15, 0.2) is 16.5 Å². The highest BCUT2D eigenvalue weighted by molar-refractivity contribution is 6.28. The first kappa shape index (κ1) is 7.57. The molecule has 4 heteroatoms. The molecule has 0 fully saturated rings. The zero-order valence-electron chi connectivity index (χ0n) is 5.05. The van der Waals surface area contributed by atoms with Gasteiger partial charge in [-0.3, -0.25) is 0 Å². The van der Waals surface area contributed by atoms with Crippen molar-refractivity contribution in [2.75, 3.05) is 6.67 Å². The predicted octanol–water partition coefficient (Wildman–Crippen LogP) is 1.94. The fourth-order valence-corrected chi connectivity index (χ4v) is 0.735. The normalized spacial score (nSPS) is 13.5. The van der Waals surface area contributed by atoms with E-state index in [-0.39, 0.29) is 11.0 Å². The first-order chi connectivity index (χ1) is 4.74. The van der Waals surface area contributed by atoms with Gasteiger partial charge in [0.1, 0.15) is 18.5 Å². The summed E-state index contributed by atoms with van der Waals surface area (Å²) in [4.78, 5) is 0. The molecule has 1 aromatic heterocycles. The lowest BCUT2D eigenvalue weighted by molar-refractivity contribution is 0.118. The van der Waals surface area contributed by atoms with E-state index in [9.17, 15) is 4.39 Å². The quantitative estimate of drug-likeness (QED) is 0.725. The number of halogens is 2. The minimum absolute atomic E-state index is 0.155. The summed E-state index contributed by atoms with van der Waals surface area (Å²) in [5.74, 6) is 0.160. The maximum Gasteiger partial charge on any atom is 0.193 e. The Hall–Kier alpha value is -0.540. The molecule has 1 rings (SSSR count). The highest BCUT2D eigenvalue weighted by atomic mass is 35.5. The van der Waals surface area contributed by atoms with Crippen molar-refractivity contribution in [1.82, 2.24) is 0 Å². The highest BCUT2D eigenvalue weighted by Gasteiger charge is 2.10. The summed E-state index contributed by atoms with van der Waals surface area (Å²) in [6, 6.07) is 2.89. The third-order valence-electron chi connectivity index (χ3n) is 1.07. The Kier molecular flexibility index (Phi) is 2.29. The van der Waals surface area contributed by atoms with Gasteiger partial charge in [0.05, 0.1) is 0 Å². The lowest BCUT2D eigenvalue weighted by Gasteiger charge is -1.98. The van der Waals surface area contributed by atoms with Gasteiger partial charge in [-0.15, -0.1) is 0 Å². The van der Waals surface area contributed by atoms with Crippen LogP contribution in [0.4, 0.5) is 4.39 Å². The van der Waals surface area contributed by atoms with Gasteiger partial charge in [-0.05, 0) is 23.7 Å². The number of alkyl halides is 1. The van der Waals surface area contributed by atoms with Gasteiger partial charge in [-0.2, -0.15) is 0 Å². The predicted molar refractivity (Wildman–Crippen MR) is 34.7 cm³/mol. The number of rotatable bonds is 2. The van der Waals surface area contributed by atoms with Crippen LogP contribution in [-0.4, -0.2) is 11.8 Å². The molecule has 0 radical (unpaired) electrons. The molecule has 2 nitrogen and oxygen atoms in total. The molecule has 0 spiro atoms. The van der Waals surface area contributed by atoms with Gasteiger partial charge in [-0.25, -0.2) is 4.39 Å². The Morgan fingerprint density at radius 1 is 1.70 bits per heavy atom. The van der Waals surface area contributed by atoms with Crippen LogP contribution < -0.4 is 0 Å². The molecule has 0 saturated heterocycles. The van der Waals surface area contributed by atoms with Gasteiger partial charge in [-0.1, -0.05) is 0 Å². The minimum Gasteiger partial charge on any atom is -0.447 e. The first-order valence-corrected chi connectivity index (χ1v) is 3.11. The monoisotopic (exact) mass is 164 g/mol. The van der Waals surface area contributed by atoms with Gasteiger partial charge >= 0.3 is 0 Å². The van der Waals surface area contributed by atoms with E-state index in [4.69, 9.17) is 21.1 Å². The number of aliphatic hydroxyl groups excluding tert-OH is 1. The van der Waals surface area contributed by atoms with Crippen molar-refractivity contribution in [2.24, 2.45) is 0 Å². The molecule has 1 aromatic rings. The minimum atomic E-state index is -1.19. The summed E-state index contributed by atoms with van der Waals surface area (Å²) in [6.45, 7) is -0.857. The maximum absolute atomic E-state index is 11.7. The van der Waals surface area contributed by atoms with Crippen molar-refractivity contribution >= 4 is 11.6 Å². The van der Waals surface area contributed by atoms with E-state index < -0.39 is 12.8 Å². The topological polar surface area (TPSA) is 33.4 Å². The molecule has 0 bridgehead atoms. The number of hydrogen-bond acceptors (Lipinski definition) is 2. The van der Waals surface area contributed by atoms with Crippen LogP contribution in [0.3, 0.4) is 0 Å². The van der Waals surface area contributed by atoms with Gasteiger partial charge in [0.25, 0.3) is 0 Å². The van der Waals surface area contributed by atoms with Gasteiger partial charge < -0.3 is 9.52 Å². The third kappa shape index (κ3) is 1.49. The van der Waals surface area contributed by atoms with Crippen LogP contribution in [0.2, 0.25) is 5.22 Å². The third-order valence-corrected chi connectivity index (χ3v) is 1.27. The zero-order chi connectivity index (χ0) is 7.56. The lowest BCUT2D eigenvalue weighted by atomic mass is 10.3. The summed E-state index contributed by atoms with van der Waals surface area (Å²) >= 11 is 5.36. The summed E-state index contributed by atoms with van der Waals surface area (Å²) in [6.07, 6.45) is -1.19. The van der Waals surface area contributed by atoms with Gasteiger partial charge in [0.15, 0.2) is 5.22 Å². The Balaban J connectivity index is 2.74. The molecule has 0 aliphatic carbocycles. The van der Waals surface area contributed by atoms with Crippen LogP contribution >= 0.6 is 11.6 Å². The molecule has 1 heterocycles. The Bertz CT molecular complexity index is 211. The molecule has 1 unspecified atom stereocenters. The van der Waals surface area contributed by atoms with Gasteiger partial charge in [0.2, 0.25) is 0 Å². The number of furan rings is 1. The van der Waals surface area contributed by atoms with E-state index in [2.05, 4.69) is 0 Å². The van der Waals surface area contributed by atoms with Crippen molar-refractivity contribution in [2.45, 2.75) is 6.10 Å². The summed E-state index contributed by atoms with van der Waals surface area (Å²) in [5.41, 5.74) is 0. The highest BCUT2D eigenvalue weighted by Crippen LogP contribution is 2.19. The fourth-order valence-electron chi connectivity index (χ4n) is 0.583. The van der Waals surface area contributed by atoms with Crippen LogP contribution in [0.5, 0.6) is 0 Å². The zero-order valence-corrected chi connectivity index (χ0v) is 5.81. The van der Waals surface area contributed by atoms with Crippen LogP contribution in [0.25, 0.3) is 0 Å². The van der Waals surface area contributed by atoms with E-state index in [1.807, 2.05) is 0 Å². The Morgan fingerprint density at radius 3 is 2.80 bits per heavy atom. The maximum atomic E-state index is 11.7. The largest absolute Gasteiger partial charge is 0.447 e. The van der Waals surface area contributed by atoms with Crippen molar-refractivity contribution in [1.29, 1.82) is 0 Å². The molecule has 1 N–H and O–H groups in total. The second-order valence-electron chi connectivity index (χ2n) is 1.81. The number of aliphatic hydroxyl groups is 1. The Morgan fingerprint density at radius 2 is 2.40 bits per heavy atom. The van der Waals surface area contributed by atoms with E-state index in [0.717, 1.165) is 0 Å². The second kappa shape index (κ2) is 3.03. The smallest absolute Gasteiger partial charge is 0.193 e. The van der Waals surface area contributed by atoms with Crippen molar-refractivity contribution in [3.8, 4) is 0 Å². The van der Waals surface area contributed by atoms with Crippen molar-refractivity contribution in [3.05, 3.63) is 23.1 Å². The summed E-state index contributed by atoms with van der Waals surface area (Å²) in [5, 5.41) is 8.97. The molecule has 56 valence electrons. The molecule has 0 amide bonds. The summed E-state index contributed by atoms with van der Waals surface area (Å²) < 4.78 is 16.4. The van der Waals surface area contributed by atoms with E-state index in [1.54, 1.807) is 0 Å². The average Bonchev–Trinajstić information content (AvgIpc) is 2.34. The van der Waals surface area contributed by atoms with E-state index in [0.29, 0.717) is 0 Å². The summed E-state index contributed by atoms with van der Waals surface area (Å²) in [7, 11) is 0. The molecule has 0 aromatic carbocycles. The van der Waals surface area contributed by atoms with Crippen molar-refractivity contribution in [3.63, 3.8) is 0 Å². The molecule has 0 aliphatic heterocycles. The molecule has 10 heavy (non-hydrogen) atoms. The second-order valence-corrected chi connectivity index (χ2v) is 2.18. The molecular formula is C6H6ClFO2. The first-order valence-electron chi connectivity index (χ1n) is 2.73. The van der Waals surface area contributed by atoms with Crippen molar-refractivity contribution < 1.29 is 13.9 Å². The van der Waals surface area contributed by atoms with Crippen LogP contribution in [-0.2, 0) is 0 Å².